The van der Waals surface area contributed by atoms with Gasteiger partial charge in [-0.05, 0) is 38.4 Å². The van der Waals surface area contributed by atoms with Crippen molar-refractivity contribution in [2.24, 2.45) is 5.73 Å². The molecule has 0 aliphatic heterocycles. The van der Waals surface area contributed by atoms with Gasteiger partial charge in [0, 0.05) is 12.0 Å². The second kappa shape index (κ2) is 5.15. The molecule has 2 aromatic rings. The van der Waals surface area contributed by atoms with Gasteiger partial charge in [0.2, 0.25) is 0 Å². The molecular formula is C14H18N2O. The highest BCUT2D eigenvalue weighted by molar-refractivity contribution is 5.62. The fourth-order valence-corrected chi connectivity index (χ4v) is 1.80. The summed E-state index contributed by atoms with van der Waals surface area (Å²) in [4.78, 5) is 4.28. The number of benzene rings is 1. The smallest absolute Gasteiger partial charge is 0.194 e. The van der Waals surface area contributed by atoms with E-state index >= 15 is 0 Å². The molecule has 0 aliphatic carbocycles. The van der Waals surface area contributed by atoms with Gasteiger partial charge in [-0.1, -0.05) is 17.7 Å². The number of hydrogen-bond acceptors (Lipinski definition) is 3. The van der Waals surface area contributed by atoms with Gasteiger partial charge in [0.1, 0.15) is 0 Å². The third-order valence-corrected chi connectivity index (χ3v) is 2.81. The first-order valence-corrected chi connectivity index (χ1v) is 5.93. The zero-order chi connectivity index (χ0) is 12.3. The van der Waals surface area contributed by atoms with Gasteiger partial charge >= 0.3 is 0 Å². The van der Waals surface area contributed by atoms with E-state index in [0.717, 1.165) is 30.1 Å². The average molecular weight is 230 g/mol. The van der Waals surface area contributed by atoms with Gasteiger partial charge in [-0.3, -0.25) is 0 Å². The third-order valence-electron chi connectivity index (χ3n) is 2.81. The Morgan fingerprint density at radius 2 is 2.12 bits per heavy atom. The fraction of sp³-hybridized carbons (Fsp3) is 0.357. The van der Waals surface area contributed by atoms with Gasteiger partial charge in [0.25, 0.3) is 0 Å². The third kappa shape index (κ3) is 2.74. The van der Waals surface area contributed by atoms with Crippen molar-refractivity contribution in [2.75, 3.05) is 6.54 Å². The van der Waals surface area contributed by atoms with Gasteiger partial charge < -0.3 is 10.2 Å². The molecule has 0 saturated carbocycles. The lowest BCUT2D eigenvalue weighted by molar-refractivity contribution is 0.499. The summed E-state index contributed by atoms with van der Waals surface area (Å²) in [6, 6.07) is 6.33. The van der Waals surface area contributed by atoms with Crippen molar-refractivity contribution in [1.29, 1.82) is 0 Å². The highest BCUT2D eigenvalue weighted by Crippen LogP contribution is 2.25. The molecule has 1 heterocycles. The molecule has 0 unspecified atom stereocenters. The Balaban J connectivity index is 2.27. The summed E-state index contributed by atoms with van der Waals surface area (Å²) in [6.45, 7) is 4.83. The average Bonchev–Trinajstić information content (AvgIpc) is 2.78. The van der Waals surface area contributed by atoms with E-state index in [1.165, 1.54) is 11.1 Å². The maximum atomic E-state index is 5.74. The lowest BCUT2D eigenvalue weighted by atomic mass is 10.0. The molecule has 3 heteroatoms. The summed E-state index contributed by atoms with van der Waals surface area (Å²) in [5, 5.41) is 0. The van der Waals surface area contributed by atoms with Crippen LogP contribution in [0.25, 0.3) is 11.3 Å². The van der Waals surface area contributed by atoms with Crippen molar-refractivity contribution in [1.82, 2.24) is 4.98 Å². The Kier molecular flexibility index (Phi) is 3.59. The highest BCUT2D eigenvalue weighted by Gasteiger charge is 2.08. The maximum absolute atomic E-state index is 5.74. The number of oxazole rings is 1. The van der Waals surface area contributed by atoms with Crippen LogP contribution >= 0.6 is 0 Å². The van der Waals surface area contributed by atoms with Crippen LogP contribution in [0, 0.1) is 13.8 Å². The fourth-order valence-electron chi connectivity index (χ4n) is 1.80. The van der Waals surface area contributed by atoms with E-state index in [4.69, 9.17) is 10.2 Å². The number of nitrogens with two attached hydrogens (primary N) is 1. The number of nitrogens with zero attached hydrogens (tertiary/aromatic N) is 1. The molecule has 0 saturated heterocycles. The molecule has 1 aromatic heterocycles. The molecule has 0 bridgehead atoms. The van der Waals surface area contributed by atoms with Crippen molar-refractivity contribution in [2.45, 2.75) is 26.7 Å². The van der Waals surface area contributed by atoms with E-state index in [9.17, 15) is 0 Å². The van der Waals surface area contributed by atoms with Crippen LogP contribution in [0.5, 0.6) is 0 Å². The number of hydrogen-bond donors (Lipinski definition) is 1. The van der Waals surface area contributed by atoms with Crippen molar-refractivity contribution in [3.8, 4) is 11.3 Å². The SMILES string of the molecule is Cc1ccc(C)c(-c2cnc(CCCN)o2)c1. The van der Waals surface area contributed by atoms with Crippen molar-refractivity contribution in [3.05, 3.63) is 41.4 Å². The molecule has 0 spiro atoms. The molecule has 1 aromatic carbocycles. The molecule has 2 N–H and O–H groups in total. The van der Waals surface area contributed by atoms with Crippen molar-refractivity contribution < 1.29 is 4.42 Å². The second-order valence-electron chi connectivity index (χ2n) is 4.33. The van der Waals surface area contributed by atoms with E-state index < -0.39 is 0 Å². The molecule has 0 atom stereocenters. The Morgan fingerprint density at radius 1 is 1.29 bits per heavy atom. The molecule has 0 amide bonds. The van der Waals surface area contributed by atoms with Crippen LogP contribution in [0.1, 0.15) is 23.4 Å². The molecular weight excluding hydrogens is 212 g/mol. The molecule has 0 fully saturated rings. The lowest BCUT2D eigenvalue weighted by Gasteiger charge is -2.03. The first-order valence-electron chi connectivity index (χ1n) is 5.93. The van der Waals surface area contributed by atoms with Crippen LogP contribution in [-0.2, 0) is 6.42 Å². The number of aromatic nitrogens is 1. The van der Waals surface area contributed by atoms with Crippen LogP contribution < -0.4 is 5.73 Å². The van der Waals surface area contributed by atoms with Gasteiger partial charge in [-0.25, -0.2) is 4.98 Å². The van der Waals surface area contributed by atoms with E-state index in [2.05, 4.69) is 37.0 Å². The Labute approximate surface area is 102 Å². The summed E-state index contributed by atoms with van der Waals surface area (Å²) in [5.41, 5.74) is 9.02. The molecule has 3 nitrogen and oxygen atoms in total. The predicted molar refractivity (Wildman–Crippen MR) is 68.8 cm³/mol. The van der Waals surface area contributed by atoms with Crippen LogP contribution in [0.15, 0.2) is 28.8 Å². The normalized spacial score (nSPS) is 10.8. The zero-order valence-electron chi connectivity index (χ0n) is 10.4. The Morgan fingerprint density at radius 3 is 2.88 bits per heavy atom. The monoisotopic (exact) mass is 230 g/mol. The van der Waals surface area contributed by atoms with Crippen molar-refractivity contribution >= 4 is 0 Å². The predicted octanol–water partition coefficient (Wildman–Crippen LogP) is 2.85. The topological polar surface area (TPSA) is 52.0 Å². The minimum atomic E-state index is 0.668. The van der Waals surface area contributed by atoms with Crippen LogP contribution in [-0.4, -0.2) is 11.5 Å². The zero-order valence-corrected chi connectivity index (χ0v) is 10.4. The highest BCUT2D eigenvalue weighted by atomic mass is 16.4. The lowest BCUT2D eigenvalue weighted by Crippen LogP contribution is -2.00. The molecule has 2 rings (SSSR count). The molecule has 0 radical (unpaired) electrons. The minimum Gasteiger partial charge on any atom is -0.441 e. The van der Waals surface area contributed by atoms with Crippen molar-refractivity contribution in [3.63, 3.8) is 0 Å². The van der Waals surface area contributed by atoms with Gasteiger partial charge in [-0.15, -0.1) is 0 Å². The Hall–Kier alpha value is -1.61. The first kappa shape index (κ1) is 11.9. The molecule has 0 aliphatic rings. The largest absolute Gasteiger partial charge is 0.441 e. The summed E-state index contributed by atoms with van der Waals surface area (Å²) >= 11 is 0. The summed E-state index contributed by atoms with van der Waals surface area (Å²) in [7, 11) is 0. The molecule has 90 valence electrons. The summed E-state index contributed by atoms with van der Waals surface area (Å²) < 4.78 is 5.74. The number of aryl methyl sites for hydroxylation is 3. The maximum Gasteiger partial charge on any atom is 0.194 e. The minimum absolute atomic E-state index is 0.668. The van der Waals surface area contributed by atoms with Gasteiger partial charge in [-0.2, -0.15) is 0 Å². The summed E-state index contributed by atoms with van der Waals surface area (Å²) in [5.74, 6) is 1.62. The van der Waals surface area contributed by atoms with Gasteiger partial charge in [0.15, 0.2) is 11.7 Å². The van der Waals surface area contributed by atoms with Crippen LogP contribution in [0.4, 0.5) is 0 Å². The summed E-state index contributed by atoms with van der Waals surface area (Å²) in [6.07, 6.45) is 3.52. The van der Waals surface area contributed by atoms with Gasteiger partial charge in [0.05, 0.1) is 6.20 Å². The quantitative estimate of drug-likeness (QED) is 0.878. The van der Waals surface area contributed by atoms with E-state index in [1.807, 2.05) is 0 Å². The number of rotatable bonds is 4. The Bertz CT molecular complexity index is 503. The second-order valence-corrected chi connectivity index (χ2v) is 4.33. The van der Waals surface area contributed by atoms with E-state index in [1.54, 1.807) is 6.20 Å². The van der Waals surface area contributed by atoms with E-state index in [0.29, 0.717) is 6.54 Å². The van der Waals surface area contributed by atoms with Crippen LogP contribution in [0.2, 0.25) is 0 Å². The van der Waals surface area contributed by atoms with E-state index in [-0.39, 0.29) is 0 Å². The van der Waals surface area contributed by atoms with Crippen LogP contribution in [0.3, 0.4) is 0 Å². The molecule has 17 heavy (non-hydrogen) atoms. The standard InChI is InChI=1S/C14H18N2O/c1-10-5-6-11(2)12(8-10)13-9-16-14(17-13)4-3-7-15/h5-6,8-9H,3-4,7,15H2,1-2H3. The first-order chi connectivity index (χ1) is 8.20.